The van der Waals surface area contributed by atoms with Gasteiger partial charge in [-0.3, -0.25) is 0 Å². The average molecular weight is 227 g/mol. The van der Waals surface area contributed by atoms with Crippen molar-refractivity contribution in [2.75, 3.05) is 13.2 Å². The van der Waals surface area contributed by atoms with E-state index in [2.05, 4.69) is 19.2 Å². The molecule has 0 bridgehead atoms. The molecule has 0 aromatic carbocycles. The molecule has 1 fully saturated rings. The van der Waals surface area contributed by atoms with Crippen LogP contribution in [0.4, 0.5) is 0 Å². The lowest BCUT2D eigenvalue weighted by atomic mass is 9.92. The fourth-order valence-electron chi connectivity index (χ4n) is 2.71. The Bertz CT molecular complexity index is 161. The maximum atomic E-state index is 9.50. The first-order chi connectivity index (χ1) is 7.76. The van der Waals surface area contributed by atoms with Gasteiger partial charge in [0, 0.05) is 5.54 Å². The molecular formula is C14H29NO. The summed E-state index contributed by atoms with van der Waals surface area (Å²) in [5.74, 6) is 0.839. The van der Waals surface area contributed by atoms with Crippen LogP contribution in [0, 0.1) is 5.92 Å². The van der Waals surface area contributed by atoms with Gasteiger partial charge >= 0.3 is 0 Å². The Morgan fingerprint density at radius 1 is 1.06 bits per heavy atom. The van der Waals surface area contributed by atoms with Gasteiger partial charge in [0.2, 0.25) is 0 Å². The SMILES string of the molecule is CCC(CC)(CO)NCC1CCCCCC1. The van der Waals surface area contributed by atoms with Crippen molar-refractivity contribution in [2.45, 2.75) is 70.8 Å². The molecule has 0 radical (unpaired) electrons. The van der Waals surface area contributed by atoms with Crippen LogP contribution in [0.25, 0.3) is 0 Å². The van der Waals surface area contributed by atoms with Crippen LogP contribution in [0.15, 0.2) is 0 Å². The number of nitrogens with one attached hydrogen (secondary N) is 1. The Balaban J connectivity index is 2.35. The highest BCUT2D eigenvalue weighted by Gasteiger charge is 2.25. The maximum Gasteiger partial charge on any atom is 0.0613 e. The molecule has 0 atom stereocenters. The van der Waals surface area contributed by atoms with Crippen molar-refractivity contribution in [3.8, 4) is 0 Å². The van der Waals surface area contributed by atoms with Crippen molar-refractivity contribution in [1.82, 2.24) is 5.32 Å². The van der Waals surface area contributed by atoms with Crippen molar-refractivity contribution in [3.05, 3.63) is 0 Å². The van der Waals surface area contributed by atoms with Gasteiger partial charge in [0.05, 0.1) is 6.61 Å². The van der Waals surface area contributed by atoms with Crippen LogP contribution in [-0.2, 0) is 0 Å². The van der Waals surface area contributed by atoms with Crippen molar-refractivity contribution in [3.63, 3.8) is 0 Å². The highest BCUT2D eigenvalue weighted by atomic mass is 16.3. The van der Waals surface area contributed by atoms with Crippen LogP contribution in [0.3, 0.4) is 0 Å². The van der Waals surface area contributed by atoms with Crippen LogP contribution in [0.2, 0.25) is 0 Å². The van der Waals surface area contributed by atoms with Gasteiger partial charge in [0.1, 0.15) is 0 Å². The smallest absolute Gasteiger partial charge is 0.0613 e. The summed E-state index contributed by atoms with van der Waals surface area (Å²) in [7, 11) is 0. The van der Waals surface area contributed by atoms with E-state index in [4.69, 9.17) is 0 Å². The standard InChI is InChI=1S/C14H29NO/c1-3-14(4-2,12-16)15-11-13-9-7-5-6-8-10-13/h13,15-16H,3-12H2,1-2H3. The van der Waals surface area contributed by atoms with Gasteiger partial charge in [0.15, 0.2) is 0 Å². The molecule has 2 nitrogen and oxygen atoms in total. The topological polar surface area (TPSA) is 32.3 Å². The number of hydrogen-bond acceptors (Lipinski definition) is 2. The highest BCUT2D eigenvalue weighted by Crippen LogP contribution is 2.23. The van der Waals surface area contributed by atoms with Crippen LogP contribution in [0.5, 0.6) is 0 Å². The first-order valence-electron chi connectivity index (χ1n) is 7.12. The summed E-state index contributed by atoms with van der Waals surface area (Å²) in [5.41, 5.74) is -0.0215. The van der Waals surface area contributed by atoms with Crippen molar-refractivity contribution >= 4 is 0 Å². The second kappa shape index (κ2) is 7.29. The fraction of sp³-hybridized carbons (Fsp3) is 1.00. The molecule has 0 heterocycles. The molecule has 0 aliphatic heterocycles. The second-order valence-corrected chi connectivity index (χ2v) is 5.38. The minimum atomic E-state index is -0.0215. The molecule has 1 saturated carbocycles. The summed E-state index contributed by atoms with van der Waals surface area (Å²) in [5, 5.41) is 13.1. The molecule has 0 saturated heterocycles. The fourth-order valence-corrected chi connectivity index (χ4v) is 2.71. The first kappa shape index (κ1) is 14.0. The quantitative estimate of drug-likeness (QED) is 0.683. The Morgan fingerprint density at radius 3 is 2.06 bits per heavy atom. The van der Waals surface area contributed by atoms with Crippen LogP contribution in [0.1, 0.15) is 65.2 Å². The normalized spacial score (nSPS) is 19.7. The van der Waals surface area contributed by atoms with E-state index < -0.39 is 0 Å². The van der Waals surface area contributed by atoms with Crippen molar-refractivity contribution < 1.29 is 5.11 Å². The molecule has 1 aliphatic carbocycles. The van der Waals surface area contributed by atoms with Crippen LogP contribution < -0.4 is 5.32 Å². The van der Waals surface area contributed by atoms with Gasteiger partial charge in [-0.1, -0.05) is 39.5 Å². The monoisotopic (exact) mass is 227 g/mol. The molecule has 0 aromatic rings. The molecule has 0 spiro atoms. The summed E-state index contributed by atoms with van der Waals surface area (Å²) in [4.78, 5) is 0. The van der Waals surface area contributed by atoms with E-state index in [-0.39, 0.29) is 12.1 Å². The number of aliphatic hydroxyl groups is 1. The third kappa shape index (κ3) is 4.06. The second-order valence-electron chi connectivity index (χ2n) is 5.38. The van der Waals surface area contributed by atoms with Gasteiger partial charge in [-0.2, -0.15) is 0 Å². The average Bonchev–Trinajstić information content (AvgIpc) is 2.60. The lowest BCUT2D eigenvalue weighted by Gasteiger charge is -2.32. The lowest BCUT2D eigenvalue weighted by molar-refractivity contribution is 0.144. The van der Waals surface area contributed by atoms with Gasteiger partial charge < -0.3 is 10.4 Å². The van der Waals surface area contributed by atoms with E-state index in [1.54, 1.807) is 0 Å². The molecular weight excluding hydrogens is 198 g/mol. The Hall–Kier alpha value is -0.0800. The van der Waals surface area contributed by atoms with E-state index in [9.17, 15) is 5.11 Å². The number of aliphatic hydroxyl groups excluding tert-OH is 1. The molecule has 2 heteroatoms. The van der Waals surface area contributed by atoms with Crippen LogP contribution >= 0.6 is 0 Å². The molecule has 1 aliphatic rings. The summed E-state index contributed by atoms with van der Waals surface area (Å²) >= 11 is 0. The van der Waals surface area contributed by atoms with E-state index >= 15 is 0 Å². The lowest BCUT2D eigenvalue weighted by Crippen LogP contribution is -2.49. The third-order valence-electron chi connectivity index (χ3n) is 4.40. The zero-order valence-electron chi connectivity index (χ0n) is 11.1. The largest absolute Gasteiger partial charge is 0.394 e. The Kier molecular flexibility index (Phi) is 6.37. The molecule has 0 aromatic heterocycles. The zero-order chi connectivity index (χ0) is 11.9. The summed E-state index contributed by atoms with van der Waals surface area (Å²) < 4.78 is 0. The van der Waals surface area contributed by atoms with Gasteiger partial charge in [-0.05, 0) is 38.1 Å². The van der Waals surface area contributed by atoms with Crippen LogP contribution in [-0.4, -0.2) is 23.8 Å². The Labute approximate surface area is 101 Å². The summed E-state index contributed by atoms with van der Waals surface area (Å²) in [6, 6.07) is 0. The van der Waals surface area contributed by atoms with E-state index in [1.807, 2.05) is 0 Å². The first-order valence-corrected chi connectivity index (χ1v) is 7.12. The van der Waals surface area contributed by atoms with Gasteiger partial charge in [-0.15, -0.1) is 0 Å². The molecule has 1 rings (SSSR count). The van der Waals surface area contributed by atoms with E-state index in [1.165, 1.54) is 38.5 Å². The van der Waals surface area contributed by atoms with Crippen molar-refractivity contribution in [2.24, 2.45) is 5.92 Å². The molecule has 0 unspecified atom stereocenters. The third-order valence-corrected chi connectivity index (χ3v) is 4.40. The van der Waals surface area contributed by atoms with E-state index in [0.29, 0.717) is 0 Å². The minimum Gasteiger partial charge on any atom is -0.394 e. The highest BCUT2D eigenvalue weighted by molar-refractivity contribution is 4.85. The molecule has 16 heavy (non-hydrogen) atoms. The van der Waals surface area contributed by atoms with E-state index in [0.717, 1.165) is 25.3 Å². The molecule has 96 valence electrons. The van der Waals surface area contributed by atoms with Crippen molar-refractivity contribution in [1.29, 1.82) is 0 Å². The number of hydrogen-bond donors (Lipinski definition) is 2. The molecule has 2 N–H and O–H groups in total. The van der Waals surface area contributed by atoms with Gasteiger partial charge in [0.25, 0.3) is 0 Å². The number of rotatable bonds is 6. The molecule has 0 amide bonds. The summed E-state index contributed by atoms with van der Waals surface area (Å²) in [6.45, 7) is 5.70. The summed E-state index contributed by atoms with van der Waals surface area (Å²) in [6.07, 6.45) is 10.4. The minimum absolute atomic E-state index is 0.0215. The Morgan fingerprint density at radius 2 is 1.62 bits per heavy atom. The predicted octanol–water partition coefficient (Wildman–Crippen LogP) is 3.10. The zero-order valence-corrected chi connectivity index (χ0v) is 11.1. The van der Waals surface area contributed by atoms with Gasteiger partial charge in [-0.25, -0.2) is 0 Å². The predicted molar refractivity (Wildman–Crippen MR) is 69.6 cm³/mol. The maximum absolute atomic E-state index is 9.50.